The molecule has 0 fully saturated rings. The first-order valence-electron chi connectivity index (χ1n) is 8.87. The van der Waals surface area contributed by atoms with E-state index in [0.717, 1.165) is 11.1 Å². The third kappa shape index (κ3) is 4.57. The highest BCUT2D eigenvalue weighted by molar-refractivity contribution is 5.89. The van der Waals surface area contributed by atoms with Gasteiger partial charge in [0.05, 0.1) is 26.4 Å². The minimum Gasteiger partial charge on any atom is -0.497 e. The molecule has 0 aliphatic rings. The number of hydrogen-bond acceptors (Lipinski definition) is 4. The van der Waals surface area contributed by atoms with E-state index in [1.807, 2.05) is 60.7 Å². The molecular formula is C23H22N2O3. The van der Waals surface area contributed by atoms with Gasteiger partial charge in [-0.2, -0.15) is 5.10 Å². The number of nitrogens with zero attached hydrogens (tertiary/aromatic N) is 1. The zero-order chi connectivity index (χ0) is 19.8. The van der Waals surface area contributed by atoms with E-state index in [4.69, 9.17) is 9.47 Å². The van der Waals surface area contributed by atoms with Crippen LogP contribution in [0.2, 0.25) is 0 Å². The van der Waals surface area contributed by atoms with Crippen LogP contribution < -0.4 is 14.9 Å². The molecule has 0 radical (unpaired) electrons. The van der Waals surface area contributed by atoms with E-state index in [1.54, 1.807) is 38.6 Å². The van der Waals surface area contributed by atoms with Crippen LogP contribution >= 0.6 is 0 Å². The van der Waals surface area contributed by atoms with Gasteiger partial charge in [0.1, 0.15) is 11.5 Å². The molecule has 1 amide bonds. The number of hydrazone groups is 1. The van der Waals surface area contributed by atoms with Crippen LogP contribution in [0.5, 0.6) is 11.5 Å². The maximum absolute atomic E-state index is 12.9. The Kier molecular flexibility index (Phi) is 6.41. The lowest BCUT2D eigenvalue weighted by molar-refractivity contribution is -0.121. The first-order valence-corrected chi connectivity index (χ1v) is 8.87. The van der Waals surface area contributed by atoms with Crippen molar-refractivity contribution < 1.29 is 14.3 Å². The van der Waals surface area contributed by atoms with Gasteiger partial charge in [-0.15, -0.1) is 0 Å². The highest BCUT2D eigenvalue weighted by atomic mass is 16.5. The monoisotopic (exact) mass is 374 g/mol. The summed E-state index contributed by atoms with van der Waals surface area (Å²) in [6.07, 6.45) is 1.55. The quantitative estimate of drug-likeness (QED) is 0.503. The molecule has 0 bridgehead atoms. The van der Waals surface area contributed by atoms with E-state index >= 15 is 0 Å². The summed E-state index contributed by atoms with van der Waals surface area (Å²) < 4.78 is 10.6. The van der Waals surface area contributed by atoms with E-state index in [-0.39, 0.29) is 5.91 Å². The molecule has 3 rings (SSSR count). The van der Waals surface area contributed by atoms with Gasteiger partial charge in [-0.25, -0.2) is 5.43 Å². The van der Waals surface area contributed by atoms with Crippen LogP contribution in [0.4, 0.5) is 0 Å². The van der Waals surface area contributed by atoms with Gasteiger partial charge in [-0.05, 0) is 29.3 Å². The number of nitrogens with one attached hydrogen (secondary N) is 1. The Morgan fingerprint density at radius 1 is 0.893 bits per heavy atom. The van der Waals surface area contributed by atoms with Crippen molar-refractivity contribution in [2.24, 2.45) is 5.10 Å². The zero-order valence-corrected chi connectivity index (χ0v) is 15.8. The second-order valence-electron chi connectivity index (χ2n) is 6.10. The molecule has 3 aromatic carbocycles. The topological polar surface area (TPSA) is 59.9 Å². The summed E-state index contributed by atoms with van der Waals surface area (Å²) in [6.45, 7) is 0. The Morgan fingerprint density at radius 3 is 2.04 bits per heavy atom. The lowest BCUT2D eigenvalue weighted by Crippen LogP contribution is -2.26. The fraction of sp³-hybridized carbons (Fsp3) is 0.130. The molecule has 0 aromatic heterocycles. The van der Waals surface area contributed by atoms with Gasteiger partial charge in [0, 0.05) is 5.56 Å². The average molecular weight is 374 g/mol. The highest BCUT2D eigenvalue weighted by Crippen LogP contribution is 2.25. The van der Waals surface area contributed by atoms with Crippen LogP contribution in [0.3, 0.4) is 0 Å². The number of rotatable bonds is 7. The zero-order valence-electron chi connectivity index (χ0n) is 15.8. The number of methoxy groups -OCH3 is 2. The summed E-state index contributed by atoms with van der Waals surface area (Å²) in [5.74, 6) is 0.656. The average Bonchev–Trinajstić information content (AvgIpc) is 2.75. The van der Waals surface area contributed by atoms with Gasteiger partial charge >= 0.3 is 0 Å². The molecule has 3 aromatic rings. The summed E-state index contributed by atoms with van der Waals surface area (Å²) in [5.41, 5.74) is 5.16. The fourth-order valence-electron chi connectivity index (χ4n) is 2.96. The normalized spacial score (nSPS) is 10.8. The molecule has 5 heteroatoms. The predicted octanol–water partition coefficient (Wildman–Crippen LogP) is 3.99. The third-order valence-corrected chi connectivity index (χ3v) is 4.34. The van der Waals surface area contributed by atoms with Gasteiger partial charge in [0.2, 0.25) is 0 Å². The molecule has 5 nitrogen and oxygen atoms in total. The smallest absolute Gasteiger partial charge is 0.252 e. The Morgan fingerprint density at radius 2 is 1.50 bits per heavy atom. The summed E-state index contributed by atoms with van der Waals surface area (Å²) in [7, 11) is 3.17. The predicted molar refractivity (Wildman–Crippen MR) is 110 cm³/mol. The molecule has 142 valence electrons. The molecule has 0 unspecified atom stereocenters. The maximum Gasteiger partial charge on any atom is 0.252 e. The van der Waals surface area contributed by atoms with Crippen molar-refractivity contribution in [1.29, 1.82) is 0 Å². The molecule has 0 aliphatic heterocycles. The number of benzene rings is 3. The SMILES string of the molecule is COc1ccc(OC)c(/C=N/NC(=O)C(c2ccccc2)c2ccccc2)c1. The van der Waals surface area contributed by atoms with E-state index < -0.39 is 5.92 Å². The summed E-state index contributed by atoms with van der Waals surface area (Å²) in [4.78, 5) is 12.9. The summed E-state index contributed by atoms with van der Waals surface area (Å²) in [6, 6.07) is 24.7. The number of carbonyl (C=O) groups is 1. The second kappa shape index (κ2) is 9.37. The van der Waals surface area contributed by atoms with Gasteiger partial charge in [-0.1, -0.05) is 60.7 Å². The van der Waals surface area contributed by atoms with E-state index in [0.29, 0.717) is 17.1 Å². The largest absolute Gasteiger partial charge is 0.497 e. The number of ether oxygens (including phenoxy) is 2. The minimum absolute atomic E-state index is 0.212. The molecule has 0 heterocycles. The Balaban J connectivity index is 1.83. The van der Waals surface area contributed by atoms with Crippen molar-refractivity contribution in [2.75, 3.05) is 14.2 Å². The maximum atomic E-state index is 12.9. The van der Waals surface area contributed by atoms with Crippen LogP contribution in [-0.2, 0) is 4.79 Å². The van der Waals surface area contributed by atoms with E-state index in [9.17, 15) is 4.79 Å². The molecule has 28 heavy (non-hydrogen) atoms. The minimum atomic E-state index is -0.452. The summed E-state index contributed by atoms with van der Waals surface area (Å²) in [5, 5.41) is 4.14. The molecule has 1 N–H and O–H groups in total. The standard InChI is InChI=1S/C23H22N2O3/c1-27-20-13-14-21(28-2)19(15-20)16-24-25-23(26)22(17-9-5-3-6-10-17)18-11-7-4-8-12-18/h3-16,22H,1-2H3,(H,25,26)/b24-16+. The summed E-state index contributed by atoms with van der Waals surface area (Å²) >= 11 is 0. The fourth-order valence-corrected chi connectivity index (χ4v) is 2.96. The Labute approximate surface area is 164 Å². The first-order chi connectivity index (χ1) is 13.7. The van der Waals surface area contributed by atoms with Crippen LogP contribution in [0.25, 0.3) is 0 Å². The third-order valence-electron chi connectivity index (χ3n) is 4.34. The molecule has 0 saturated carbocycles. The molecule has 0 atom stereocenters. The number of amides is 1. The lowest BCUT2D eigenvalue weighted by Gasteiger charge is -2.16. The van der Waals surface area contributed by atoms with Crippen LogP contribution in [0.1, 0.15) is 22.6 Å². The van der Waals surface area contributed by atoms with Gasteiger partial charge in [0.25, 0.3) is 5.91 Å². The van der Waals surface area contributed by atoms with Gasteiger partial charge < -0.3 is 9.47 Å². The molecule has 0 saturated heterocycles. The number of carbonyl (C=O) groups excluding carboxylic acids is 1. The van der Waals surface area contributed by atoms with E-state index in [2.05, 4.69) is 10.5 Å². The molecule has 0 aliphatic carbocycles. The van der Waals surface area contributed by atoms with Crippen LogP contribution in [0, 0.1) is 0 Å². The van der Waals surface area contributed by atoms with Gasteiger partial charge in [-0.3, -0.25) is 4.79 Å². The van der Waals surface area contributed by atoms with Crippen LogP contribution in [-0.4, -0.2) is 26.3 Å². The van der Waals surface area contributed by atoms with Crippen molar-refractivity contribution in [3.8, 4) is 11.5 Å². The number of hydrogen-bond donors (Lipinski definition) is 1. The van der Waals surface area contributed by atoms with Crippen LogP contribution in [0.15, 0.2) is 84.0 Å². The molecular weight excluding hydrogens is 352 g/mol. The molecule has 0 spiro atoms. The van der Waals surface area contributed by atoms with Crippen molar-refractivity contribution in [3.05, 3.63) is 95.6 Å². The van der Waals surface area contributed by atoms with Crippen molar-refractivity contribution in [2.45, 2.75) is 5.92 Å². The van der Waals surface area contributed by atoms with Crippen molar-refractivity contribution in [1.82, 2.24) is 5.43 Å². The highest BCUT2D eigenvalue weighted by Gasteiger charge is 2.22. The lowest BCUT2D eigenvalue weighted by atomic mass is 9.91. The van der Waals surface area contributed by atoms with Crippen molar-refractivity contribution in [3.63, 3.8) is 0 Å². The second-order valence-corrected chi connectivity index (χ2v) is 6.10. The van der Waals surface area contributed by atoms with E-state index in [1.165, 1.54) is 0 Å². The first kappa shape index (κ1) is 19.2. The van der Waals surface area contributed by atoms with Gasteiger partial charge in [0.15, 0.2) is 0 Å². The Bertz CT molecular complexity index is 901. The van der Waals surface area contributed by atoms with Crippen molar-refractivity contribution >= 4 is 12.1 Å². The Hall–Kier alpha value is -3.60.